The van der Waals surface area contributed by atoms with Crippen molar-refractivity contribution in [3.05, 3.63) is 92.5 Å². The number of aromatic nitrogens is 1. The highest BCUT2D eigenvalue weighted by Crippen LogP contribution is 2.25. The first-order valence-electron chi connectivity index (χ1n) is 11.4. The number of carbonyl (C=O) groups excluding carboxylic acids is 1. The van der Waals surface area contributed by atoms with Gasteiger partial charge in [-0.1, -0.05) is 41.9 Å². The zero-order valence-electron chi connectivity index (χ0n) is 19.6. The lowest BCUT2D eigenvalue weighted by Crippen LogP contribution is -2.22. The van der Waals surface area contributed by atoms with Crippen molar-refractivity contribution in [2.45, 2.75) is 32.7 Å². The van der Waals surface area contributed by atoms with E-state index in [4.69, 9.17) is 25.9 Å². The molecule has 2 heterocycles. The van der Waals surface area contributed by atoms with E-state index in [2.05, 4.69) is 10.3 Å². The van der Waals surface area contributed by atoms with Crippen LogP contribution in [0.2, 0.25) is 5.02 Å². The minimum absolute atomic E-state index is 0.0198. The number of hydrogen-bond acceptors (Lipinski definition) is 6. The number of nitrogens with zero attached hydrogens (tertiary/aromatic N) is 1. The van der Waals surface area contributed by atoms with Gasteiger partial charge in [-0.2, -0.15) is 0 Å². The highest BCUT2D eigenvalue weighted by atomic mass is 35.5. The van der Waals surface area contributed by atoms with E-state index in [1.165, 1.54) is 11.3 Å². The number of aliphatic carboxylic acids is 1. The molecule has 0 spiro atoms. The highest BCUT2D eigenvalue weighted by Gasteiger charge is 2.15. The van der Waals surface area contributed by atoms with Crippen LogP contribution in [0.1, 0.15) is 38.7 Å². The molecule has 4 rings (SSSR count). The normalized spacial score (nSPS) is 10.8. The summed E-state index contributed by atoms with van der Waals surface area (Å²) in [7, 11) is 0. The smallest absolute Gasteiger partial charge is 0.303 e. The lowest BCUT2D eigenvalue weighted by Gasteiger charge is -2.14. The van der Waals surface area contributed by atoms with Crippen LogP contribution < -0.4 is 10.1 Å². The zero-order valence-corrected chi connectivity index (χ0v) is 21.2. The van der Waals surface area contributed by atoms with E-state index in [1.807, 2.05) is 55.5 Å². The van der Waals surface area contributed by atoms with Crippen molar-refractivity contribution in [3.63, 3.8) is 0 Å². The number of aryl methyl sites for hydroxylation is 2. The van der Waals surface area contributed by atoms with E-state index in [-0.39, 0.29) is 18.9 Å². The number of amides is 1. The summed E-state index contributed by atoms with van der Waals surface area (Å²) in [5.41, 5.74) is 3.33. The van der Waals surface area contributed by atoms with E-state index >= 15 is 0 Å². The largest absolute Gasteiger partial charge is 0.493 e. The molecule has 0 atom stereocenters. The van der Waals surface area contributed by atoms with Crippen LogP contribution in [0.25, 0.3) is 11.5 Å². The van der Waals surface area contributed by atoms with Gasteiger partial charge in [-0.3, -0.25) is 9.59 Å². The van der Waals surface area contributed by atoms with Crippen LogP contribution in [-0.4, -0.2) is 28.6 Å². The third-order valence-corrected chi connectivity index (χ3v) is 6.87. The van der Waals surface area contributed by atoms with E-state index in [0.29, 0.717) is 41.0 Å². The van der Waals surface area contributed by atoms with Crippen LogP contribution in [0.5, 0.6) is 5.75 Å². The molecule has 0 unspecified atom stereocenters. The maximum Gasteiger partial charge on any atom is 0.303 e. The molecule has 36 heavy (non-hydrogen) atoms. The first-order chi connectivity index (χ1) is 17.4. The number of ether oxygens (including phenoxy) is 1. The van der Waals surface area contributed by atoms with Crippen molar-refractivity contribution in [2.24, 2.45) is 0 Å². The van der Waals surface area contributed by atoms with Crippen LogP contribution in [-0.2, 0) is 24.2 Å². The minimum atomic E-state index is -0.865. The number of benzene rings is 2. The first-order valence-corrected chi connectivity index (χ1v) is 12.7. The molecule has 0 aliphatic heterocycles. The summed E-state index contributed by atoms with van der Waals surface area (Å²) in [5.74, 6) is 0.776. The Kier molecular flexibility index (Phi) is 8.40. The fraction of sp³-hybridized carbons (Fsp3) is 0.222. The van der Waals surface area contributed by atoms with E-state index < -0.39 is 5.97 Å². The molecule has 0 saturated carbocycles. The van der Waals surface area contributed by atoms with Crippen molar-refractivity contribution >= 4 is 34.8 Å². The molecular weight excluding hydrogens is 500 g/mol. The van der Waals surface area contributed by atoms with Gasteiger partial charge >= 0.3 is 5.97 Å². The summed E-state index contributed by atoms with van der Waals surface area (Å²) in [6.07, 6.45) is 0.944. The molecule has 186 valence electrons. The predicted molar refractivity (Wildman–Crippen MR) is 139 cm³/mol. The number of carboxylic acid groups (broad SMARTS) is 1. The van der Waals surface area contributed by atoms with Gasteiger partial charge < -0.3 is 19.6 Å². The van der Waals surface area contributed by atoms with Crippen molar-refractivity contribution in [2.75, 3.05) is 6.61 Å². The third kappa shape index (κ3) is 6.53. The molecule has 0 radical (unpaired) electrons. The van der Waals surface area contributed by atoms with E-state index in [9.17, 15) is 9.59 Å². The number of thiophene rings is 1. The van der Waals surface area contributed by atoms with Gasteiger partial charge in [0.05, 0.1) is 17.3 Å². The molecule has 7 nitrogen and oxygen atoms in total. The Morgan fingerprint density at radius 3 is 2.67 bits per heavy atom. The Balaban J connectivity index is 1.44. The second kappa shape index (κ2) is 11.9. The maximum absolute atomic E-state index is 12.5. The molecule has 1 amide bonds. The Morgan fingerprint density at radius 1 is 1.14 bits per heavy atom. The monoisotopic (exact) mass is 524 g/mol. The molecule has 0 aliphatic rings. The fourth-order valence-electron chi connectivity index (χ4n) is 3.65. The number of carboxylic acids is 1. The Morgan fingerprint density at radius 2 is 1.94 bits per heavy atom. The van der Waals surface area contributed by atoms with Gasteiger partial charge in [-0.05, 0) is 48.6 Å². The molecule has 0 saturated heterocycles. The lowest BCUT2D eigenvalue weighted by atomic mass is 10.1. The molecule has 4 aromatic rings. The molecule has 2 N–H and O–H groups in total. The van der Waals surface area contributed by atoms with Crippen LogP contribution in [0.4, 0.5) is 0 Å². The maximum atomic E-state index is 12.5. The quantitative estimate of drug-likeness (QED) is 0.252. The second-order valence-corrected chi connectivity index (χ2v) is 9.43. The fourth-order valence-corrected chi connectivity index (χ4v) is 4.71. The number of carbonyl (C=O) groups is 2. The molecule has 0 fully saturated rings. The topological polar surface area (TPSA) is 102 Å². The summed E-state index contributed by atoms with van der Waals surface area (Å²) in [6, 6.07) is 16.9. The number of oxazole rings is 1. The molecule has 2 aromatic carbocycles. The standard InChI is InChI=1S/C27H25ClN2O5S/c1-17-22(30-27(35-17)19-5-3-2-4-6-19)11-13-34-23-9-7-18(8-10-24(31)32)15-20(23)16-29-26(33)25-21(28)12-14-36-25/h2-7,9,12,14-15H,8,10-11,13,16H2,1H3,(H,29,33)(H,31,32). The van der Waals surface area contributed by atoms with Gasteiger partial charge in [-0.25, -0.2) is 4.98 Å². The van der Waals surface area contributed by atoms with Gasteiger partial charge in [0.15, 0.2) is 0 Å². The second-order valence-electron chi connectivity index (χ2n) is 8.10. The van der Waals surface area contributed by atoms with Crippen molar-refractivity contribution in [1.82, 2.24) is 10.3 Å². The van der Waals surface area contributed by atoms with E-state index in [1.54, 1.807) is 11.4 Å². The highest BCUT2D eigenvalue weighted by molar-refractivity contribution is 7.12. The van der Waals surface area contributed by atoms with Gasteiger partial charge in [0.1, 0.15) is 16.4 Å². The average molecular weight is 525 g/mol. The molecular formula is C27H25ClN2O5S. The van der Waals surface area contributed by atoms with Crippen molar-refractivity contribution < 1.29 is 23.8 Å². The van der Waals surface area contributed by atoms with Crippen molar-refractivity contribution in [3.8, 4) is 17.2 Å². The molecule has 0 bridgehead atoms. The van der Waals surface area contributed by atoms with Crippen LogP contribution in [0.3, 0.4) is 0 Å². The average Bonchev–Trinajstić information content (AvgIpc) is 3.47. The SMILES string of the molecule is Cc1oc(-c2ccccc2)nc1CCOc1ccc(CCC(=O)O)cc1CNC(=O)c1sccc1Cl. The van der Waals surface area contributed by atoms with E-state index in [0.717, 1.165) is 28.1 Å². The van der Waals surface area contributed by atoms with Gasteiger partial charge in [0, 0.05) is 30.5 Å². The zero-order chi connectivity index (χ0) is 25.5. The number of hydrogen-bond donors (Lipinski definition) is 2. The predicted octanol–water partition coefficient (Wildman–Crippen LogP) is 5.93. The number of halogens is 1. The summed E-state index contributed by atoms with van der Waals surface area (Å²) in [5, 5.41) is 14.1. The van der Waals surface area contributed by atoms with Crippen LogP contribution in [0.15, 0.2) is 64.4 Å². The van der Waals surface area contributed by atoms with Crippen LogP contribution in [0, 0.1) is 6.92 Å². The Labute approximate surface area is 217 Å². The van der Waals surface area contributed by atoms with Crippen LogP contribution >= 0.6 is 22.9 Å². The summed E-state index contributed by atoms with van der Waals surface area (Å²) in [6.45, 7) is 2.45. The number of nitrogens with one attached hydrogen (secondary N) is 1. The number of rotatable bonds is 11. The molecule has 9 heteroatoms. The summed E-state index contributed by atoms with van der Waals surface area (Å²) in [4.78, 5) is 28.6. The third-order valence-electron chi connectivity index (χ3n) is 5.53. The lowest BCUT2D eigenvalue weighted by molar-refractivity contribution is -0.136. The van der Waals surface area contributed by atoms with Gasteiger partial charge in [0.2, 0.25) is 5.89 Å². The van der Waals surface area contributed by atoms with Crippen molar-refractivity contribution in [1.29, 1.82) is 0 Å². The Bertz CT molecular complexity index is 1350. The van der Waals surface area contributed by atoms with Gasteiger partial charge in [-0.15, -0.1) is 11.3 Å². The Hall–Kier alpha value is -3.62. The molecule has 2 aromatic heterocycles. The minimum Gasteiger partial charge on any atom is -0.493 e. The summed E-state index contributed by atoms with van der Waals surface area (Å²) >= 11 is 7.35. The summed E-state index contributed by atoms with van der Waals surface area (Å²) < 4.78 is 11.9. The molecule has 0 aliphatic carbocycles. The van der Waals surface area contributed by atoms with Gasteiger partial charge in [0.25, 0.3) is 5.91 Å². The first kappa shape index (κ1) is 25.5.